The fraction of sp³-hybridized carbons (Fsp3) is 0.550. The first kappa shape index (κ1) is 19.4. The summed E-state index contributed by atoms with van der Waals surface area (Å²) < 4.78 is 14.1. The molecule has 6 nitrogen and oxygen atoms in total. The molecule has 0 saturated carbocycles. The molecule has 1 aromatic rings. The highest BCUT2D eigenvalue weighted by Gasteiger charge is 2.70. The van der Waals surface area contributed by atoms with Gasteiger partial charge in [-0.2, -0.15) is 11.8 Å². The quantitative estimate of drug-likeness (QED) is 0.734. The summed E-state index contributed by atoms with van der Waals surface area (Å²) in [6, 6.07) is 3.54. The van der Waals surface area contributed by atoms with Gasteiger partial charge in [0.1, 0.15) is 11.4 Å². The van der Waals surface area contributed by atoms with Crippen LogP contribution >= 0.6 is 11.8 Å². The second-order valence-corrected chi connectivity index (χ2v) is 8.78. The van der Waals surface area contributed by atoms with Crippen LogP contribution in [0.1, 0.15) is 32.3 Å². The normalized spacial score (nSPS) is 32.1. The summed E-state index contributed by atoms with van der Waals surface area (Å²) in [5.74, 6) is -2.11. The first-order valence-electron chi connectivity index (χ1n) is 9.61. The van der Waals surface area contributed by atoms with Gasteiger partial charge in [-0.3, -0.25) is 24.6 Å². The van der Waals surface area contributed by atoms with E-state index in [4.69, 9.17) is 0 Å². The number of halogens is 1. The van der Waals surface area contributed by atoms with Crippen molar-refractivity contribution in [1.82, 2.24) is 10.2 Å². The molecule has 2 N–H and O–H groups in total. The summed E-state index contributed by atoms with van der Waals surface area (Å²) in [5, 5.41) is 6.10. The molecule has 2 saturated heterocycles. The maximum Gasteiger partial charge on any atom is 0.250 e. The maximum atomic E-state index is 14.1. The molecule has 150 valence electrons. The molecule has 8 heteroatoms. The molecule has 2 fully saturated rings. The number of hydrogen-bond donors (Lipinski definition) is 2. The van der Waals surface area contributed by atoms with Gasteiger partial charge in [0.05, 0.1) is 11.8 Å². The third-order valence-corrected chi connectivity index (χ3v) is 7.02. The number of hydrogen-bond acceptors (Lipinski definition) is 5. The Morgan fingerprint density at radius 3 is 2.71 bits per heavy atom. The maximum absolute atomic E-state index is 14.1. The van der Waals surface area contributed by atoms with Gasteiger partial charge in [0.25, 0.3) is 0 Å². The Bertz CT molecular complexity index is 863. The van der Waals surface area contributed by atoms with Gasteiger partial charge in [-0.05, 0) is 50.0 Å². The van der Waals surface area contributed by atoms with Gasteiger partial charge in [0.2, 0.25) is 17.7 Å². The lowest BCUT2D eigenvalue weighted by molar-refractivity contribution is -0.145. The van der Waals surface area contributed by atoms with E-state index < -0.39 is 23.2 Å². The minimum atomic E-state index is -1.40. The van der Waals surface area contributed by atoms with Crippen LogP contribution in [0.3, 0.4) is 0 Å². The number of imide groups is 1. The van der Waals surface area contributed by atoms with Crippen molar-refractivity contribution in [3.8, 4) is 0 Å². The van der Waals surface area contributed by atoms with E-state index in [1.54, 1.807) is 11.8 Å². The van der Waals surface area contributed by atoms with Crippen molar-refractivity contribution in [3.05, 3.63) is 29.6 Å². The number of likely N-dealkylation sites (tertiary alicyclic amines) is 1. The van der Waals surface area contributed by atoms with Crippen molar-refractivity contribution >= 4 is 35.2 Å². The second kappa shape index (κ2) is 6.84. The number of thioether (sulfide) groups is 1. The fourth-order valence-electron chi connectivity index (χ4n) is 4.91. The van der Waals surface area contributed by atoms with E-state index in [-0.39, 0.29) is 29.8 Å². The van der Waals surface area contributed by atoms with Gasteiger partial charge < -0.3 is 5.32 Å². The van der Waals surface area contributed by atoms with Gasteiger partial charge in [0.15, 0.2) is 0 Å². The number of rotatable bonds is 5. The Hall–Kier alpha value is -1.93. The molecular weight excluding hydrogens is 381 g/mol. The molecule has 3 aliphatic heterocycles. The Morgan fingerprint density at radius 1 is 1.29 bits per heavy atom. The molecule has 0 bridgehead atoms. The van der Waals surface area contributed by atoms with Gasteiger partial charge >= 0.3 is 0 Å². The highest BCUT2D eigenvalue weighted by Crippen LogP contribution is 2.53. The van der Waals surface area contributed by atoms with Crippen molar-refractivity contribution in [3.63, 3.8) is 0 Å². The van der Waals surface area contributed by atoms with E-state index in [9.17, 15) is 18.8 Å². The average Bonchev–Trinajstić information content (AvgIpc) is 3.25. The number of amides is 3. The molecule has 28 heavy (non-hydrogen) atoms. The van der Waals surface area contributed by atoms with Crippen LogP contribution < -0.4 is 10.6 Å². The minimum absolute atomic E-state index is 0.225. The fourth-order valence-corrected chi connectivity index (χ4v) is 5.40. The van der Waals surface area contributed by atoms with Crippen LogP contribution in [0.4, 0.5) is 10.1 Å². The zero-order valence-electron chi connectivity index (χ0n) is 16.1. The molecule has 1 aromatic carbocycles. The molecule has 0 aromatic heterocycles. The Balaban J connectivity index is 1.86. The Morgan fingerprint density at radius 2 is 2.04 bits per heavy atom. The molecule has 4 rings (SSSR count). The second-order valence-electron chi connectivity index (χ2n) is 7.79. The summed E-state index contributed by atoms with van der Waals surface area (Å²) in [5.41, 5.74) is -0.489. The van der Waals surface area contributed by atoms with Gasteiger partial charge in [-0.25, -0.2) is 4.39 Å². The van der Waals surface area contributed by atoms with Gasteiger partial charge in [-0.15, -0.1) is 0 Å². The van der Waals surface area contributed by atoms with E-state index in [2.05, 4.69) is 10.6 Å². The van der Waals surface area contributed by atoms with Crippen LogP contribution in [0.5, 0.6) is 0 Å². The highest BCUT2D eigenvalue weighted by molar-refractivity contribution is 7.98. The van der Waals surface area contributed by atoms with Gasteiger partial charge in [0, 0.05) is 23.3 Å². The number of nitrogens with zero attached hydrogens (tertiary/aromatic N) is 1. The Labute approximate surface area is 167 Å². The first-order chi connectivity index (χ1) is 13.4. The monoisotopic (exact) mass is 405 g/mol. The molecular formula is C20H24FN3O3S. The topological polar surface area (TPSA) is 78.5 Å². The van der Waals surface area contributed by atoms with E-state index >= 15 is 0 Å². The molecule has 0 aliphatic carbocycles. The van der Waals surface area contributed by atoms with E-state index in [1.807, 2.05) is 20.1 Å². The third kappa shape index (κ3) is 2.47. The molecule has 0 radical (unpaired) electrons. The summed E-state index contributed by atoms with van der Waals surface area (Å²) in [6.07, 6.45) is 3.27. The summed E-state index contributed by atoms with van der Waals surface area (Å²) in [7, 11) is 0. The average molecular weight is 405 g/mol. The van der Waals surface area contributed by atoms with Crippen LogP contribution in [0, 0.1) is 17.7 Å². The highest BCUT2D eigenvalue weighted by atomic mass is 32.2. The minimum Gasteiger partial charge on any atom is -0.324 e. The van der Waals surface area contributed by atoms with Crippen LogP contribution in [-0.2, 0) is 19.9 Å². The van der Waals surface area contributed by atoms with E-state index in [1.165, 1.54) is 23.1 Å². The molecule has 5 atom stereocenters. The van der Waals surface area contributed by atoms with Crippen LogP contribution in [0.2, 0.25) is 0 Å². The molecule has 1 spiro atoms. The zero-order valence-corrected chi connectivity index (χ0v) is 16.9. The van der Waals surface area contributed by atoms with Gasteiger partial charge in [-0.1, -0.05) is 6.92 Å². The molecule has 3 aliphatic rings. The molecule has 0 unspecified atom stereocenters. The van der Waals surface area contributed by atoms with Crippen LogP contribution in [-0.4, -0.2) is 46.7 Å². The van der Waals surface area contributed by atoms with Crippen molar-refractivity contribution < 1.29 is 18.8 Å². The zero-order chi connectivity index (χ0) is 20.2. The summed E-state index contributed by atoms with van der Waals surface area (Å²) in [4.78, 5) is 41.1. The van der Waals surface area contributed by atoms with Crippen LogP contribution in [0.15, 0.2) is 18.2 Å². The van der Waals surface area contributed by atoms with Crippen LogP contribution in [0.25, 0.3) is 0 Å². The number of carbonyl (C=O) groups excluding carboxylic acids is 3. The number of benzene rings is 1. The Kier molecular flexibility index (Phi) is 4.74. The third-order valence-electron chi connectivity index (χ3n) is 6.38. The molecule has 3 amide bonds. The lowest BCUT2D eigenvalue weighted by Gasteiger charge is -2.31. The first-order valence-corrected chi connectivity index (χ1v) is 11.0. The summed E-state index contributed by atoms with van der Waals surface area (Å²) in [6.45, 7) is 3.77. The van der Waals surface area contributed by atoms with E-state index in [0.29, 0.717) is 24.1 Å². The molecule has 3 heterocycles. The smallest absolute Gasteiger partial charge is 0.250 e. The SMILES string of the molecule is CC[C@@H](C)N1C(=O)[C@@H]2[C@H](CCSC)N[C@]3(C(=O)Nc4ccc(F)cc43)[C@@H]2C1=O. The van der Waals surface area contributed by atoms with Crippen molar-refractivity contribution in [2.75, 3.05) is 17.3 Å². The number of carbonyl (C=O) groups is 3. The van der Waals surface area contributed by atoms with Crippen molar-refractivity contribution in [2.45, 2.75) is 44.3 Å². The largest absolute Gasteiger partial charge is 0.324 e. The number of nitrogens with one attached hydrogen (secondary N) is 2. The lowest BCUT2D eigenvalue weighted by Crippen LogP contribution is -2.54. The predicted octanol–water partition coefficient (Wildman–Crippen LogP) is 2.10. The number of fused-ring (bicyclic) bond motifs is 4. The van der Waals surface area contributed by atoms with E-state index in [0.717, 1.165) is 5.75 Å². The predicted molar refractivity (Wildman–Crippen MR) is 105 cm³/mol. The summed E-state index contributed by atoms with van der Waals surface area (Å²) >= 11 is 1.65. The number of anilines is 1. The lowest BCUT2D eigenvalue weighted by atomic mass is 9.76. The van der Waals surface area contributed by atoms with Crippen molar-refractivity contribution in [2.24, 2.45) is 11.8 Å². The standard InChI is InChI=1S/C20H24FN3O3S/c1-4-10(2)24-17(25)15-14(7-8-28-3)23-20(16(15)18(24)26)12-9-11(21)5-6-13(12)22-19(20)27/h5-6,9-10,14-16,23H,4,7-8H2,1-3H3,(H,22,27)/t10-,14+,15-,16+,20+/m1/s1. The van der Waals surface area contributed by atoms with Crippen molar-refractivity contribution in [1.29, 1.82) is 0 Å².